The summed E-state index contributed by atoms with van der Waals surface area (Å²) in [4.78, 5) is 46.6. The number of anilines is 2. The third kappa shape index (κ3) is 3.95. The molecule has 2 aromatic rings. The van der Waals surface area contributed by atoms with Crippen molar-refractivity contribution in [3.63, 3.8) is 0 Å². The minimum absolute atomic E-state index is 0.328. The standard InChI is InChI=1S/C21H21BrN4O4/c1-2-30-21(29)14-3-6-18(23-12-14)25-9-7-24(8-10-25)13-26-17-11-15(22)4-5-16(17)19(27)20(26)28/h3-6,11-12H,2,7-10,13H2,1H3. The highest BCUT2D eigenvalue weighted by Crippen LogP contribution is 2.32. The fraction of sp³-hybridized carbons (Fsp3) is 0.333. The second-order valence-corrected chi connectivity index (χ2v) is 8.01. The number of amides is 1. The average Bonchev–Trinajstić information content (AvgIpc) is 2.99. The Balaban J connectivity index is 1.38. The van der Waals surface area contributed by atoms with E-state index in [1.54, 1.807) is 30.0 Å². The number of nitrogens with zero attached hydrogens (tertiary/aromatic N) is 4. The van der Waals surface area contributed by atoms with Crippen molar-refractivity contribution in [3.05, 3.63) is 52.1 Å². The molecular formula is C21H21BrN4O4. The molecule has 0 N–H and O–H groups in total. The highest BCUT2D eigenvalue weighted by atomic mass is 79.9. The van der Waals surface area contributed by atoms with E-state index in [0.717, 1.165) is 36.5 Å². The first-order valence-electron chi connectivity index (χ1n) is 9.74. The maximum absolute atomic E-state index is 12.4. The zero-order valence-corrected chi connectivity index (χ0v) is 18.1. The van der Waals surface area contributed by atoms with Gasteiger partial charge in [-0.15, -0.1) is 0 Å². The fourth-order valence-corrected chi connectivity index (χ4v) is 3.98. The van der Waals surface area contributed by atoms with Gasteiger partial charge in [-0.3, -0.25) is 19.4 Å². The Morgan fingerprint density at radius 1 is 1.13 bits per heavy atom. The number of Topliss-reactive ketones (excluding diaryl/α,β-unsaturated/α-hetero) is 1. The number of halogens is 1. The molecule has 0 spiro atoms. The Labute approximate surface area is 182 Å². The number of ether oxygens (including phenoxy) is 1. The number of esters is 1. The maximum atomic E-state index is 12.4. The monoisotopic (exact) mass is 472 g/mol. The minimum Gasteiger partial charge on any atom is -0.462 e. The van der Waals surface area contributed by atoms with E-state index in [1.807, 2.05) is 12.1 Å². The summed E-state index contributed by atoms with van der Waals surface area (Å²) in [5, 5.41) is 0. The van der Waals surface area contributed by atoms with Crippen LogP contribution in [0.5, 0.6) is 0 Å². The van der Waals surface area contributed by atoms with Crippen LogP contribution in [0.15, 0.2) is 41.0 Å². The Hall–Kier alpha value is -2.78. The van der Waals surface area contributed by atoms with Gasteiger partial charge in [0.15, 0.2) is 0 Å². The first kappa shape index (κ1) is 20.5. The van der Waals surface area contributed by atoms with Gasteiger partial charge in [0.2, 0.25) is 0 Å². The van der Waals surface area contributed by atoms with Crippen molar-refractivity contribution in [1.82, 2.24) is 9.88 Å². The number of rotatable bonds is 5. The number of benzene rings is 1. The lowest BCUT2D eigenvalue weighted by Gasteiger charge is -2.37. The van der Waals surface area contributed by atoms with Gasteiger partial charge in [0.25, 0.3) is 5.78 Å². The van der Waals surface area contributed by atoms with Gasteiger partial charge in [0.1, 0.15) is 5.82 Å². The Morgan fingerprint density at radius 2 is 1.90 bits per heavy atom. The number of piperazine rings is 1. The zero-order chi connectivity index (χ0) is 21.3. The van der Waals surface area contributed by atoms with Crippen LogP contribution in [0, 0.1) is 0 Å². The van der Waals surface area contributed by atoms with Gasteiger partial charge in [-0.25, -0.2) is 9.78 Å². The van der Waals surface area contributed by atoms with E-state index in [2.05, 4.69) is 30.7 Å². The molecule has 0 atom stereocenters. The van der Waals surface area contributed by atoms with Crippen molar-refractivity contribution in [2.75, 3.05) is 49.3 Å². The van der Waals surface area contributed by atoms with Gasteiger partial charge in [-0.1, -0.05) is 15.9 Å². The van der Waals surface area contributed by atoms with Crippen LogP contribution in [0.2, 0.25) is 0 Å². The number of ketones is 1. The molecule has 1 saturated heterocycles. The molecule has 156 valence electrons. The van der Waals surface area contributed by atoms with Crippen LogP contribution in [-0.2, 0) is 9.53 Å². The van der Waals surface area contributed by atoms with Crippen molar-refractivity contribution in [1.29, 1.82) is 0 Å². The summed E-state index contributed by atoms with van der Waals surface area (Å²) in [7, 11) is 0. The molecule has 4 rings (SSSR count). The maximum Gasteiger partial charge on any atom is 0.339 e. The van der Waals surface area contributed by atoms with E-state index in [-0.39, 0.29) is 5.97 Å². The summed E-state index contributed by atoms with van der Waals surface area (Å²) < 4.78 is 5.81. The summed E-state index contributed by atoms with van der Waals surface area (Å²) >= 11 is 3.41. The summed E-state index contributed by atoms with van der Waals surface area (Å²) in [6, 6.07) is 8.80. The molecular weight excluding hydrogens is 452 g/mol. The van der Waals surface area contributed by atoms with E-state index in [1.165, 1.54) is 6.20 Å². The van der Waals surface area contributed by atoms with Crippen LogP contribution >= 0.6 is 15.9 Å². The number of hydrogen-bond acceptors (Lipinski definition) is 7. The van der Waals surface area contributed by atoms with Crippen molar-refractivity contribution in [2.45, 2.75) is 6.92 Å². The first-order valence-corrected chi connectivity index (χ1v) is 10.5. The van der Waals surface area contributed by atoms with Gasteiger partial charge < -0.3 is 9.64 Å². The molecule has 0 radical (unpaired) electrons. The van der Waals surface area contributed by atoms with Crippen molar-refractivity contribution < 1.29 is 19.1 Å². The highest BCUT2D eigenvalue weighted by molar-refractivity contribution is 9.10. The predicted octanol–water partition coefficient (Wildman–Crippen LogP) is 2.33. The van der Waals surface area contributed by atoms with E-state index < -0.39 is 11.7 Å². The largest absolute Gasteiger partial charge is 0.462 e. The summed E-state index contributed by atoms with van der Waals surface area (Å²) in [5.74, 6) is -0.522. The molecule has 3 heterocycles. The second-order valence-electron chi connectivity index (χ2n) is 7.10. The van der Waals surface area contributed by atoms with E-state index in [4.69, 9.17) is 4.74 Å². The Morgan fingerprint density at radius 3 is 2.57 bits per heavy atom. The summed E-state index contributed by atoms with van der Waals surface area (Å²) in [5.41, 5.74) is 1.53. The molecule has 1 aromatic heterocycles. The van der Waals surface area contributed by atoms with Crippen molar-refractivity contribution >= 4 is 45.1 Å². The van der Waals surface area contributed by atoms with Crippen LogP contribution in [0.3, 0.4) is 0 Å². The minimum atomic E-state index is -0.484. The van der Waals surface area contributed by atoms with Crippen LogP contribution in [0.25, 0.3) is 0 Å². The topological polar surface area (TPSA) is 83.0 Å². The summed E-state index contributed by atoms with van der Waals surface area (Å²) in [6.07, 6.45) is 1.53. The Bertz CT molecular complexity index is 987. The lowest BCUT2D eigenvalue weighted by molar-refractivity contribution is -0.114. The number of carbonyl (C=O) groups excluding carboxylic acids is 3. The highest BCUT2D eigenvalue weighted by Gasteiger charge is 2.37. The molecule has 0 aliphatic carbocycles. The molecule has 2 aliphatic rings. The van der Waals surface area contributed by atoms with Gasteiger partial charge >= 0.3 is 11.9 Å². The first-order chi connectivity index (χ1) is 14.5. The molecule has 0 unspecified atom stereocenters. The second kappa shape index (κ2) is 8.53. The van der Waals surface area contributed by atoms with E-state index in [0.29, 0.717) is 30.1 Å². The van der Waals surface area contributed by atoms with Crippen LogP contribution in [0.4, 0.5) is 11.5 Å². The third-order valence-corrected chi connectivity index (χ3v) is 5.72. The van der Waals surface area contributed by atoms with Gasteiger partial charge in [0.05, 0.1) is 30.1 Å². The SMILES string of the molecule is CCOC(=O)c1ccc(N2CCN(CN3C(=O)C(=O)c4ccc(Br)cc43)CC2)nc1. The smallest absolute Gasteiger partial charge is 0.339 e. The van der Waals surface area contributed by atoms with Crippen LogP contribution in [-0.4, -0.2) is 67.0 Å². The summed E-state index contributed by atoms with van der Waals surface area (Å²) in [6.45, 7) is 5.37. The van der Waals surface area contributed by atoms with Crippen molar-refractivity contribution in [2.24, 2.45) is 0 Å². The molecule has 30 heavy (non-hydrogen) atoms. The van der Waals surface area contributed by atoms with E-state index in [9.17, 15) is 14.4 Å². The van der Waals surface area contributed by atoms with Gasteiger partial charge in [-0.05, 0) is 37.3 Å². The lowest BCUT2D eigenvalue weighted by Crippen LogP contribution is -2.51. The number of fused-ring (bicyclic) bond motifs is 1. The number of carbonyl (C=O) groups is 3. The van der Waals surface area contributed by atoms with Crippen LogP contribution < -0.4 is 9.80 Å². The lowest BCUT2D eigenvalue weighted by atomic mass is 10.1. The molecule has 8 nitrogen and oxygen atoms in total. The van der Waals surface area contributed by atoms with E-state index >= 15 is 0 Å². The number of aromatic nitrogens is 1. The average molecular weight is 473 g/mol. The Kier molecular flexibility index (Phi) is 5.83. The zero-order valence-electron chi connectivity index (χ0n) is 16.5. The molecule has 1 fully saturated rings. The quantitative estimate of drug-likeness (QED) is 0.487. The molecule has 9 heteroatoms. The molecule has 0 bridgehead atoms. The molecule has 1 aromatic carbocycles. The third-order valence-electron chi connectivity index (χ3n) is 5.23. The normalized spacial score (nSPS) is 16.7. The number of pyridine rings is 1. The molecule has 2 aliphatic heterocycles. The van der Waals surface area contributed by atoms with Crippen LogP contribution in [0.1, 0.15) is 27.6 Å². The number of hydrogen-bond donors (Lipinski definition) is 0. The predicted molar refractivity (Wildman–Crippen MR) is 115 cm³/mol. The van der Waals surface area contributed by atoms with Gasteiger partial charge in [0, 0.05) is 36.8 Å². The molecule has 0 saturated carbocycles. The van der Waals surface area contributed by atoms with Crippen molar-refractivity contribution in [3.8, 4) is 0 Å². The van der Waals surface area contributed by atoms with Gasteiger partial charge in [-0.2, -0.15) is 0 Å². The molecule has 1 amide bonds. The fourth-order valence-electron chi connectivity index (χ4n) is 3.63.